The second-order valence-electron chi connectivity index (χ2n) is 6.65. The van der Waals surface area contributed by atoms with Crippen molar-refractivity contribution in [2.45, 2.75) is 51.7 Å². The van der Waals surface area contributed by atoms with Gasteiger partial charge in [-0.25, -0.2) is 22.0 Å². The molecule has 0 N–H and O–H groups in total. The molecule has 24 heavy (non-hydrogen) atoms. The standard InChI is InChI=1S/C16H18BF5O2/c1-15(2)16(3,4)24-17(23-15)12(18)7-9-5-10(13(19)20)8-11(6-9)14(21)22/h5-8,13-14H,1-4H3. The highest BCUT2D eigenvalue weighted by molar-refractivity contribution is 6.54. The van der Waals surface area contributed by atoms with Crippen LogP contribution in [-0.4, -0.2) is 18.3 Å². The normalized spacial score (nSPS) is 20.3. The number of benzene rings is 1. The first kappa shape index (κ1) is 18.9. The predicted octanol–water partition coefficient (Wildman–Crippen LogP) is 5.50. The van der Waals surface area contributed by atoms with Gasteiger partial charge < -0.3 is 9.31 Å². The molecule has 1 aromatic carbocycles. The first-order chi connectivity index (χ1) is 10.9. The minimum Gasteiger partial charge on any atom is -0.398 e. The molecule has 8 heteroatoms. The molecule has 1 saturated heterocycles. The number of alkyl halides is 4. The molecular formula is C16H18BF5O2. The molecule has 0 bridgehead atoms. The van der Waals surface area contributed by atoms with Gasteiger partial charge in [0, 0.05) is 11.1 Å². The summed E-state index contributed by atoms with van der Waals surface area (Å²) in [5.41, 5.74) is -3.72. The fraction of sp³-hybridized carbons (Fsp3) is 0.500. The zero-order valence-corrected chi connectivity index (χ0v) is 13.7. The van der Waals surface area contributed by atoms with Gasteiger partial charge in [-0.05, 0) is 57.5 Å². The lowest BCUT2D eigenvalue weighted by Gasteiger charge is -2.32. The van der Waals surface area contributed by atoms with E-state index in [1.54, 1.807) is 27.7 Å². The van der Waals surface area contributed by atoms with Crippen LogP contribution in [0.15, 0.2) is 23.9 Å². The molecule has 0 spiro atoms. The van der Waals surface area contributed by atoms with Crippen LogP contribution in [0.2, 0.25) is 0 Å². The Kier molecular flexibility index (Phi) is 5.11. The number of rotatable bonds is 4. The van der Waals surface area contributed by atoms with Gasteiger partial charge in [0.1, 0.15) is 5.73 Å². The first-order valence-corrected chi connectivity index (χ1v) is 7.37. The predicted molar refractivity (Wildman–Crippen MR) is 81.5 cm³/mol. The molecule has 0 saturated carbocycles. The molecule has 0 radical (unpaired) electrons. The van der Waals surface area contributed by atoms with Crippen molar-refractivity contribution in [2.24, 2.45) is 0 Å². The van der Waals surface area contributed by atoms with E-state index in [-0.39, 0.29) is 5.56 Å². The van der Waals surface area contributed by atoms with Gasteiger partial charge in [0.05, 0.1) is 11.2 Å². The maximum absolute atomic E-state index is 14.4. The molecule has 0 aromatic heterocycles. The molecule has 1 aromatic rings. The van der Waals surface area contributed by atoms with Crippen molar-refractivity contribution in [3.8, 4) is 0 Å². The SMILES string of the molecule is CC1(C)OB(C(F)=Cc2cc(C(F)F)cc(C(F)F)c2)OC1(C)C. The molecule has 1 aliphatic heterocycles. The average Bonchev–Trinajstić information content (AvgIpc) is 2.67. The summed E-state index contributed by atoms with van der Waals surface area (Å²) in [6.07, 6.45) is -4.99. The molecule has 132 valence electrons. The van der Waals surface area contributed by atoms with Gasteiger partial charge in [-0.15, -0.1) is 0 Å². The van der Waals surface area contributed by atoms with Crippen LogP contribution in [0.25, 0.3) is 6.08 Å². The van der Waals surface area contributed by atoms with Gasteiger partial charge in [-0.1, -0.05) is 0 Å². The quantitative estimate of drug-likeness (QED) is 0.528. The largest absolute Gasteiger partial charge is 0.525 e. The van der Waals surface area contributed by atoms with Crippen LogP contribution in [0.5, 0.6) is 0 Å². The lowest BCUT2D eigenvalue weighted by atomic mass is 9.86. The summed E-state index contributed by atoms with van der Waals surface area (Å²) in [4.78, 5) is 0. The van der Waals surface area contributed by atoms with Crippen LogP contribution in [0.1, 0.15) is 57.2 Å². The monoisotopic (exact) mass is 348 g/mol. The smallest absolute Gasteiger partial charge is 0.398 e. The Labute approximate surface area is 137 Å². The summed E-state index contributed by atoms with van der Waals surface area (Å²) in [6, 6.07) is 2.63. The maximum atomic E-state index is 14.4. The lowest BCUT2D eigenvalue weighted by molar-refractivity contribution is 0.00578. The average molecular weight is 348 g/mol. The van der Waals surface area contributed by atoms with E-state index in [2.05, 4.69) is 0 Å². The summed E-state index contributed by atoms with van der Waals surface area (Å²) in [5, 5.41) is 0. The fourth-order valence-electron chi connectivity index (χ4n) is 2.22. The third-order valence-corrected chi connectivity index (χ3v) is 4.29. The Morgan fingerprint density at radius 2 is 1.33 bits per heavy atom. The Morgan fingerprint density at radius 1 is 0.917 bits per heavy atom. The highest BCUT2D eigenvalue weighted by Gasteiger charge is 2.53. The third kappa shape index (κ3) is 3.80. The molecule has 0 atom stereocenters. The molecule has 1 aliphatic rings. The summed E-state index contributed by atoms with van der Waals surface area (Å²) in [6.45, 7) is 6.92. The Morgan fingerprint density at radius 3 is 1.71 bits per heavy atom. The van der Waals surface area contributed by atoms with Crippen LogP contribution >= 0.6 is 0 Å². The van der Waals surface area contributed by atoms with E-state index in [1.807, 2.05) is 0 Å². The van der Waals surface area contributed by atoms with Crippen LogP contribution in [-0.2, 0) is 9.31 Å². The van der Waals surface area contributed by atoms with Crippen molar-refractivity contribution >= 4 is 13.2 Å². The molecule has 0 amide bonds. The van der Waals surface area contributed by atoms with Crippen LogP contribution in [0.3, 0.4) is 0 Å². The molecule has 0 unspecified atom stereocenters. The molecular weight excluding hydrogens is 330 g/mol. The molecule has 2 rings (SSSR count). The highest BCUT2D eigenvalue weighted by atomic mass is 19.3. The van der Waals surface area contributed by atoms with E-state index < -0.39 is 48.0 Å². The number of hydrogen-bond donors (Lipinski definition) is 0. The van der Waals surface area contributed by atoms with Crippen molar-refractivity contribution in [3.63, 3.8) is 0 Å². The zero-order valence-electron chi connectivity index (χ0n) is 13.7. The van der Waals surface area contributed by atoms with Gasteiger partial charge in [0.15, 0.2) is 0 Å². The maximum Gasteiger partial charge on any atom is 0.525 e. The molecule has 1 fully saturated rings. The van der Waals surface area contributed by atoms with Crippen molar-refractivity contribution in [1.29, 1.82) is 0 Å². The van der Waals surface area contributed by atoms with Crippen molar-refractivity contribution in [2.75, 3.05) is 0 Å². The Hall–Kier alpha value is -1.41. The summed E-state index contributed by atoms with van der Waals surface area (Å²) in [5.74, 6) is 0. The summed E-state index contributed by atoms with van der Waals surface area (Å²) < 4.78 is 76.7. The molecule has 2 nitrogen and oxygen atoms in total. The first-order valence-electron chi connectivity index (χ1n) is 7.37. The zero-order chi connectivity index (χ0) is 18.3. The highest BCUT2D eigenvalue weighted by Crippen LogP contribution is 2.39. The minimum absolute atomic E-state index is 0.102. The lowest BCUT2D eigenvalue weighted by Crippen LogP contribution is -2.41. The fourth-order valence-corrected chi connectivity index (χ4v) is 2.22. The van der Waals surface area contributed by atoms with E-state index in [0.29, 0.717) is 6.07 Å². The van der Waals surface area contributed by atoms with E-state index in [4.69, 9.17) is 9.31 Å². The van der Waals surface area contributed by atoms with Crippen molar-refractivity contribution in [3.05, 3.63) is 40.6 Å². The summed E-state index contributed by atoms with van der Waals surface area (Å²) >= 11 is 0. The third-order valence-electron chi connectivity index (χ3n) is 4.29. The van der Waals surface area contributed by atoms with E-state index in [0.717, 1.165) is 18.2 Å². The molecule has 1 heterocycles. The van der Waals surface area contributed by atoms with Crippen molar-refractivity contribution in [1.82, 2.24) is 0 Å². The second-order valence-corrected chi connectivity index (χ2v) is 6.65. The van der Waals surface area contributed by atoms with Crippen LogP contribution in [0.4, 0.5) is 22.0 Å². The van der Waals surface area contributed by atoms with E-state index in [1.165, 1.54) is 0 Å². The topological polar surface area (TPSA) is 18.5 Å². The second kappa shape index (κ2) is 6.48. The van der Waals surface area contributed by atoms with Crippen LogP contribution < -0.4 is 0 Å². The number of hydrogen-bond acceptors (Lipinski definition) is 2. The van der Waals surface area contributed by atoms with Gasteiger partial charge in [0.25, 0.3) is 12.9 Å². The summed E-state index contributed by atoms with van der Waals surface area (Å²) in [7, 11) is -1.32. The molecule has 0 aliphatic carbocycles. The van der Waals surface area contributed by atoms with Crippen molar-refractivity contribution < 1.29 is 31.3 Å². The van der Waals surface area contributed by atoms with Gasteiger partial charge in [-0.2, -0.15) is 0 Å². The Bertz CT molecular complexity index is 601. The van der Waals surface area contributed by atoms with Gasteiger partial charge in [0.2, 0.25) is 0 Å². The van der Waals surface area contributed by atoms with E-state index >= 15 is 0 Å². The van der Waals surface area contributed by atoms with E-state index in [9.17, 15) is 22.0 Å². The van der Waals surface area contributed by atoms with Crippen LogP contribution in [0, 0.1) is 0 Å². The van der Waals surface area contributed by atoms with Gasteiger partial charge in [-0.3, -0.25) is 0 Å². The van der Waals surface area contributed by atoms with Gasteiger partial charge >= 0.3 is 7.12 Å². The Balaban J connectivity index is 2.34. The minimum atomic E-state index is -2.93. The number of halogens is 5.